The molecule has 2 N–H and O–H groups in total. The number of fused-ring (bicyclic) bond motifs is 1. The van der Waals surface area contributed by atoms with Crippen LogP contribution in [0.25, 0.3) is 10.8 Å². The van der Waals surface area contributed by atoms with Crippen molar-refractivity contribution < 1.29 is 4.79 Å². The molecule has 4 aromatic rings. The summed E-state index contributed by atoms with van der Waals surface area (Å²) in [5.41, 5.74) is 8.81. The zero-order valence-corrected chi connectivity index (χ0v) is 16.2. The Hall–Kier alpha value is -3.04. The molecule has 0 saturated carbocycles. The summed E-state index contributed by atoms with van der Waals surface area (Å²) in [6, 6.07) is 32.0. The highest BCUT2D eigenvalue weighted by Crippen LogP contribution is 2.41. The number of benzene rings is 4. The number of carbonyl (C=O) groups excluding carboxylic acids is 1. The normalized spacial score (nSPS) is 12.0. The van der Waals surface area contributed by atoms with E-state index < -0.39 is 0 Å². The van der Waals surface area contributed by atoms with Crippen molar-refractivity contribution in [3.63, 3.8) is 0 Å². The van der Waals surface area contributed by atoms with Crippen LogP contribution in [0.2, 0.25) is 0 Å². The largest absolute Gasteiger partial charge is 0.398 e. The van der Waals surface area contributed by atoms with Crippen LogP contribution in [0.1, 0.15) is 27.6 Å². The minimum absolute atomic E-state index is 0.00244. The fraction of sp³-hybridized carbons (Fsp3) is 0.0800. The lowest BCUT2D eigenvalue weighted by Crippen LogP contribution is -2.06. The molecule has 28 heavy (non-hydrogen) atoms. The van der Waals surface area contributed by atoms with Gasteiger partial charge in [-0.15, -0.1) is 11.8 Å². The maximum atomic E-state index is 13.3. The van der Waals surface area contributed by atoms with Crippen LogP contribution in [0.3, 0.4) is 0 Å². The van der Waals surface area contributed by atoms with Crippen LogP contribution < -0.4 is 5.73 Å². The summed E-state index contributed by atoms with van der Waals surface area (Å²) in [4.78, 5) is 14.3. The molecule has 0 radical (unpaired) electrons. The second kappa shape index (κ2) is 8.32. The number of hydrogen-bond acceptors (Lipinski definition) is 3. The summed E-state index contributed by atoms with van der Waals surface area (Å²) < 4.78 is 0. The molecule has 1 atom stereocenters. The van der Waals surface area contributed by atoms with Gasteiger partial charge in [-0.1, -0.05) is 84.9 Å². The second-order valence-electron chi connectivity index (χ2n) is 6.71. The van der Waals surface area contributed by atoms with E-state index in [1.165, 1.54) is 0 Å². The van der Waals surface area contributed by atoms with E-state index >= 15 is 0 Å². The van der Waals surface area contributed by atoms with Crippen LogP contribution in [-0.4, -0.2) is 5.78 Å². The van der Waals surface area contributed by atoms with E-state index in [1.54, 1.807) is 11.8 Å². The van der Waals surface area contributed by atoms with Crippen molar-refractivity contribution in [2.75, 3.05) is 5.73 Å². The molecular weight excluding hydrogens is 362 g/mol. The molecule has 0 amide bonds. The third-order valence-corrected chi connectivity index (χ3v) is 6.17. The van der Waals surface area contributed by atoms with Gasteiger partial charge in [0.25, 0.3) is 0 Å². The SMILES string of the molecule is Nc1ccccc1SC(CC(=O)c1cccc2ccccc12)c1ccccc1. The molecule has 0 aliphatic heterocycles. The van der Waals surface area contributed by atoms with E-state index in [1.807, 2.05) is 84.9 Å². The van der Waals surface area contributed by atoms with Gasteiger partial charge in [-0.2, -0.15) is 0 Å². The Morgan fingerprint density at radius 3 is 2.29 bits per heavy atom. The number of carbonyl (C=O) groups is 1. The summed E-state index contributed by atoms with van der Waals surface area (Å²) in [6.07, 6.45) is 0.414. The van der Waals surface area contributed by atoms with Crippen molar-refractivity contribution in [2.24, 2.45) is 0 Å². The number of thioether (sulfide) groups is 1. The molecule has 0 aliphatic rings. The zero-order chi connectivity index (χ0) is 19.3. The Balaban J connectivity index is 1.67. The van der Waals surface area contributed by atoms with Gasteiger partial charge < -0.3 is 5.73 Å². The van der Waals surface area contributed by atoms with Crippen molar-refractivity contribution in [2.45, 2.75) is 16.6 Å². The molecule has 0 spiro atoms. The molecule has 0 fully saturated rings. The minimum Gasteiger partial charge on any atom is -0.398 e. The number of ketones is 1. The van der Waals surface area contributed by atoms with E-state index in [0.717, 1.165) is 32.5 Å². The molecule has 3 heteroatoms. The molecule has 0 saturated heterocycles. The zero-order valence-electron chi connectivity index (χ0n) is 15.4. The molecule has 1 unspecified atom stereocenters. The number of nitrogens with two attached hydrogens (primary N) is 1. The first-order chi connectivity index (χ1) is 13.7. The number of anilines is 1. The van der Waals surface area contributed by atoms with E-state index in [-0.39, 0.29) is 11.0 Å². The van der Waals surface area contributed by atoms with Gasteiger partial charge in [-0.3, -0.25) is 4.79 Å². The molecule has 0 aromatic heterocycles. The lowest BCUT2D eigenvalue weighted by molar-refractivity contribution is 0.0983. The lowest BCUT2D eigenvalue weighted by atomic mass is 9.97. The Morgan fingerprint density at radius 1 is 0.786 bits per heavy atom. The van der Waals surface area contributed by atoms with E-state index in [9.17, 15) is 4.79 Å². The van der Waals surface area contributed by atoms with Gasteiger partial charge in [0.05, 0.1) is 0 Å². The highest BCUT2D eigenvalue weighted by Gasteiger charge is 2.20. The van der Waals surface area contributed by atoms with Crippen LogP contribution in [0.5, 0.6) is 0 Å². The molecule has 0 heterocycles. The molecule has 138 valence electrons. The molecule has 4 rings (SSSR count). The van der Waals surface area contributed by atoms with Gasteiger partial charge in [-0.25, -0.2) is 0 Å². The van der Waals surface area contributed by atoms with Crippen LogP contribution >= 0.6 is 11.8 Å². The first-order valence-electron chi connectivity index (χ1n) is 9.29. The standard InChI is InChI=1S/C25H21NOS/c26-22-15-6-7-16-24(22)28-25(19-10-2-1-3-11-19)17-23(27)21-14-8-12-18-9-4-5-13-20(18)21/h1-16,25H,17,26H2. The van der Waals surface area contributed by atoms with Crippen molar-refractivity contribution in [1.82, 2.24) is 0 Å². The van der Waals surface area contributed by atoms with Crippen LogP contribution in [0.4, 0.5) is 5.69 Å². The Morgan fingerprint density at radius 2 is 1.46 bits per heavy atom. The molecule has 0 aliphatic carbocycles. The third-order valence-electron chi connectivity index (χ3n) is 4.82. The van der Waals surface area contributed by atoms with Gasteiger partial charge in [0.2, 0.25) is 0 Å². The Labute approximate surface area is 169 Å². The highest BCUT2D eigenvalue weighted by atomic mass is 32.2. The number of nitrogen functional groups attached to an aromatic ring is 1. The van der Waals surface area contributed by atoms with Gasteiger partial charge in [0.15, 0.2) is 5.78 Å². The van der Waals surface area contributed by atoms with Crippen molar-refractivity contribution in [3.8, 4) is 0 Å². The summed E-state index contributed by atoms with van der Waals surface area (Å²) in [5, 5.41) is 2.09. The van der Waals surface area contributed by atoms with Gasteiger partial charge in [0.1, 0.15) is 0 Å². The highest BCUT2D eigenvalue weighted by molar-refractivity contribution is 7.99. The number of hydrogen-bond donors (Lipinski definition) is 1. The summed E-state index contributed by atoms with van der Waals surface area (Å²) in [5.74, 6) is 0.146. The third kappa shape index (κ3) is 3.95. The number of para-hydroxylation sites is 1. The Kier molecular flexibility index (Phi) is 5.45. The van der Waals surface area contributed by atoms with Crippen LogP contribution in [-0.2, 0) is 0 Å². The maximum absolute atomic E-state index is 13.3. The summed E-state index contributed by atoms with van der Waals surface area (Å²) >= 11 is 1.65. The summed E-state index contributed by atoms with van der Waals surface area (Å²) in [6.45, 7) is 0. The predicted octanol–water partition coefficient (Wildman–Crippen LogP) is 6.53. The van der Waals surface area contributed by atoms with Crippen molar-refractivity contribution in [1.29, 1.82) is 0 Å². The average Bonchev–Trinajstić information content (AvgIpc) is 2.75. The smallest absolute Gasteiger partial charge is 0.164 e. The van der Waals surface area contributed by atoms with E-state index in [0.29, 0.717) is 6.42 Å². The van der Waals surface area contributed by atoms with Crippen LogP contribution in [0.15, 0.2) is 102 Å². The first-order valence-corrected chi connectivity index (χ1v) is 10.2. The fourth-order valence-electron chi connectivity index (χ4n) is 3.38. The molecule has 2 nitrogen and oxygen atoms in total. The topological polar surface area (TPSA) is 43.1 Å². The lowest BCUT2D eigenvalue weighted by Gasteiger charge is -2.18. The quantitative estimate of drug-likeness (QED) is 0.234. The first kappa shape index (κ1) is 18.3. The van der Waals surface area contributed by atoms with E-state index in [2.05, 4.69) is 12.1 Å². The van der Waals surface area contributed by atoms with Crippen molar-refractivity contribution in [3.05, 3.63) is 108 Å². The minimum atomic E-state index is -0.00244. The fourth-order valence-corrected chi connectivity index (χ4v) is 4.58. The van der Waals surface area contributed by atoms with E-state index in [4.69, 9.17) is 5.73 Å². The Bertz CT molecular complexity index is 1100. The number of Topliss-reactive ketones (excluding diaryl/α,β-unsaturated/α-hetero) is 1. The average molecular weight is 384 g/mol. The van der Waals surface area contributed by atoms with Gasteiger partial charge in [0, 0.05) is 27.8 Å². The molecule has 0 bridgehead atoms. The van der Waals surface area contributed by atoms with Gasteiger partial charge in [-0.05, 0) is 28.5 Å². The summed E-state index contributed by atoms with van der Waals surface area (Å²) in [7, 11) is 0. The van der Waals surface area contributed by atoms with Crippen LogP contribution in [0, 0.1) is 0 Å². The van der Waals surface area contributed by atoms with Gasteiger partial charge >= 0.3 is 0 Å². The second-order valence-corrected chi connectivity index (χ2v) is 7.95. The number of rotatable bonds is 6. The monoisotopic (exact) mass is 383 g/mol. The molecular formula is C25H21NOS. The predicted molar refractivity (Wildman–Crippen MR) is 119 cm³/mol. The molecule has 4 aromatic carbocycles. The van der Waals surface area contributed by atoms with Crippen molar-refractivity contribution >= 4 is 34.0 Å². The maximum Gasteiger partial charge on any atom is 0.164 e.